The molecule has 0 radical (unpaired) electrons. The average Bonchev–Trinajstić information content (AvgIpc) is 2.44. The third kappa shape index (κ3) is 1.86. The molecule has 0 unspecified atom stereocenters. The number of hydrogen-bond acceptors (Lipinski definition) is 6. The van der Waals surface area contributed by atoms with Crippen LogP contribution >= 0.6 is 11.8 Å². The normalized spacial score (nSPS) is 30.4. The highest BCUT2D eigenvalue weighted by Crippen LogP contribution is 2.47. The third-order valence-electron chi connectivity index (χ3n) is 3.73. The van der Waals surface area contributed by atoms with Gasteiger partial charge in [0, 0.05) is 5.56 Å². The number of para-hydroxylation sites is 1. The third-order valence-corrected chi connectivity index (χ3v) is 4.32. The van der Waals surface area contributed by atoms with Gasteiger partial charge in [0.15, 0.2) is 10.9 Å². The van der Waals surface area contributed by atoms with Crippen LogP contribution in [-0.4, -0.2) is 30.2 Å². The van der Waals surface area contributed by atoms with Crippen molar-refractivity contribution in [2.45, 2.75) is 18.7 Å². The molecule has 1 N–H and O–H groups in total. The molecule has 0 saturated carbocycles. The number of hydrogen-bond donors (Lipinski definition) is 1. The molecule has 1 aromatic carbocycles. The summed E-state index contributed by atoms with van der Waals surface area (Å²) in [6.07, 6.45) is 1.94. The first-order valence-electron chi connectivity index (χ1n) is 6.35. The number of nitrogens with one attached hydrogen (secondary N) is 1. The number of fused-ring (bicyclic) bond motifs is 4. The van der Waals surface area contributed by atoms with Crippen LogP contribution in [0, 0.1) is 5.92 Å². The lowest BCUT2D eigenvalue weighted by atomic mass is 9.81. The zero-order valence-electron chi connectivity index (χ0n) is 11.5. The molecule has 6 heteroatoms. The molecule has 0 spiro atoms. The molecule has 3 rings (SSSR count). The molecule has 2 bridgehead atoms. The zero-order valence-corrected chi connectivity index (χ0v) is 12.4. The maximum absolute atomic E-state index is 12.2. The maximum atomic E-state index is 12.2. The summed E-state index contributed by atoms with van der Waals surface area (Å²) in [6, 6.07) is 7.41. The quantitative estimate of drug-likeness (QED) is 0.802. The van der Waals surface area contributed by atoms with Gasteiger partial charge in [-0.15, -0.1) is 0 Å². The fourth-order valence-electron chi connectivity index (χ4n) is 2.79. The van der Waals surface area contributed by atoms with E-state index in [-0.39, 0.29) is 12.0 Å². The molecule has 0 aromatic heterocycles. The van der Waals surface area contributed by atoms with Crippen molar-refractivity contribution in [1.29, 1.82) is 0 Å². The van der Waals surface area contributed by atoms with Crippen molar-refractivity contribution in [3.63, 3.8) is 0 Å². The topological polar surface area (TPSA) is 59.9 Å². The first-order chi connectivity index (χ1) is 9.59. The Balaban J connectivity index is 2.16. The second-order valence-electron chi connectivity index (χ2n) is 4.96. The first-order valence-corrected chi connectivity index (χ1v) is 7.57. The van der Waals surface area contributed by atoms with E-state index in [2.05, 4.69) is 10.3 Å². The van der Waals surface area contributed by atoms with Crippen LogP contribution in [0.1, 0.15) is 18.5 Å². The molecule has 2 aliphatic heterocycles. The standard InChI is InChI=1S/C14H16N2O3S/c1-14-10(12(17)18-2)11(15-13(16-14)20-3)8-6-4-5-7-9(8)19-14/h4-7,10-11H,1-3H3,(H,15,16)/t10-,11-,14-/m1/s1. The lowest BCUT2D eigenvalue weighted by Crippen LogP contribution is -2.63. The van der Waals surface area contributed by atoms with Crippen LogP contribution in [0.2, 0.25) is 0 Å². The molecular weight excluding hydrogens is 276 g/mol. The summed E-state index contributed by atoms with van der Waals surface area (Å²) >= 11 is 1.50. The van der Waals surface area contributed by atoms with Gasteiger partial charge in [-0.3, -0.25) is 9.79 Å². The number of nitrogens with zero attached hydrogens (tertiary/aromatic N) is 1. The van der Waals surface area contributed by atoms with Crippen LogP contribution in [0.3, 0.4) is 0 Å². The summed E-state index contributed by atoms with van der Waals surface area (Å²) in [5.74, 6) is -0.0572. The molecule has 3 atom stereocenters. The molecule has 2 heterocycles. The molecular formula is C14H16N2O3S. The number of methoxy groups -OCH3 is 1. The predicted molar refractivity (Wildman–Crippen MR) is 77.8 cm³/mol. The highest BCUT2D eigenvalue weighted by atomic mass is 32.2. The van der Waals surface area contributed by atoms with Gasteiger partial charge in [0.05, 0.1) is 7.11 Å². The number of aliphatic imine (C=N–C) groups is 1. The Morgan fingerprint density at radius 1 is 1.50 bits per heavy atom. The van der Waals surface area contributed by atoms with Crippen LogP contribution in [0.15, 0.2) is 29.3 Å². The van der Waals surface area contributed by atoms with Crippen molar-refractivity contribution in [1.82, 2.24) is 5.32 Å². The number of ether oxygens (including phenoxy) is 2. The predicted octanol–water partition coefficient (Wildman–Crippen LogP) is 1.95. The minimum atomic E-state index is -0.841. The van der Waals surface area contributed by atoms with E-state index in [9.17, 15) is 4.79 Å². The Morgan fingerprint density at radius 2 is 2.25 bits per heavy atom. The molecule has 0 amide bonds. The van der Waals surface area contributed by atoms with Gasteiger partial charge < -0.3 is 14.8 Å². The molecule has 0 saturated heterocycles. The molecule has 5 nitrogen and oxygen atoms in total. The van der Waals surface area contributed by atoms with Gasteiger partial charge in [0.25, 0.3) is 0 Å². The van der Waals surface area contributed by atoms with Crippen molar-refractivity contribution in [3.05, 3.63) is 29.8 Å². The highest BCUT2D eigenvalue weighted by molar-refractivity contribution is 8.13. The van der Waals surface area contributed by atoms with Crippen molar-refractivity contribution < 1.29 is 14.3 Å². The van der Waals surface area contributed by atoms with E-state index in [1.165, 1.54) is 18.9 Å². The van der Waals surface area contributed by atoms with E-state index in [0.717, 1.165) is 16.5 Å². The van der Waals surface area contributed by atoms with E-state index in [1.54, 1.807) is 0 Å². The fraction of sp³-hybridized carbons (Fsp3) is 0.429. The van der Waals surface area contributed by atoms with Gasteiger partial charge in [-0.05, 0) is 19.2 Å². The van der Waals surface area contributed by atoms with Gasteiger partial charge in [-0.2, -0.15) is 0 Å². The Kier molecular flexibility index (Phi) is 3.12. The van der Waals surface area contributed by atoms with E-state index in [4.69, 9.17) is 9.47 Å². The van der Waals surface area contributed by atoms with E-state index < -0.39 is 11.6 Å². The molecule has 1 aromatic rings. The summed E-state index contributed by atoms with van der Waals surface area (Å²) in [7, 11) is 1.39. The number of benzene rings is 1. The lowest BCUT2D eigenvalue weighted by molar-refractivity contribution is -0.158. The number of amidine groups is 1. The SMILES string of the molecule is COC(=O)[C@H]1[C@@H]2N=C(SC)N[C@]1(C)Oc1ccccc12. The van der Waals surface area contributed by atoms with Gasteiger partial charge in [0.2, 0.25) is 0 Å². The summed E-state index contributed by atoms with van der Waals surface area (Å²) < 4.78 is 11.0. The smallest absolute Gasteiger partial charge is 0.317 e. The lowest BCUT2D eigenvalue weighted by Gasteiger charge is -2.47. The number of carbonyl (C=O) groups is 1. The van der Waals surface area contributed by atoms with Crippen LogP contribution in [0.4, 0.5) is 0 Å². The Morgan fingerprint density at radius 3 is 2.95 bits per heavy atom. The van der Waals surface area contributed by atoms with Crippen LogP contribution in [-0.2, 0) is 9.53 Å². The number of rotatable bonds is 1. The number of esters is 1. The second-order valence-corrected chi connectivity index (χ2v) is 5.75. The highest BCUT2D eigenvalue weighted by Gasteiger charge is 2.54. The monoisotopic (exact) mass is 292 g/mol. The van der Waals surface area contributed by atoms with E-state index in [0.29, 0.717) is 0 Å². The molecule has 0 aliphatic carbocycles. The Bertz CT molecular complexity index is 590. The van der Waals surface area contributed by atoms with E-state index >= 15 is 0 Å². The van der Waals surface area contributed by atoms with Crippen LogP contribution in [0.25, 0.3) is 0 Å². The summed E-state index contributed by atoms with van der Waals surface area (Å²) in [5, 5.41) is 3.98. The largest absolute Gasteiger partial charge is 0.469 e. The average molecular weight is 292 g/mol. The number of thioether (sulfide) groups is 1. The van der Waals surface area contributed by atoms with Crippen LogP contribution < -0.4 is 10.1 Å². The molecule has 0 fully saturated rings. The van der Waals surface area contributed by atoms with Crippen molar-refractivity contribution in [2.24, 2.45) is 10.9 Å². The Hall–Kier alpha value is -1.69. The minimum Gasteiger partial charge on any atom is -0.469 e. The van der Waals surface area contributed by atoms with Gasteiger partial charge in [-0.1, -0.05) is 30.0 Å². The second kappa shape index (κ2) is 4.70. The molecule has 20 heavy (non-hydrogen) atoms. The van der Waals surface area contributed by atoms with Crippen LogP contribution in [0.5, 0.6) is 5.75 Å². The maximum Gasteiger partial charge on any atom is 0.317 e. The van der Waals surface area contributed by atoms with Crippen molar-refractivity contribution in [3.8, 4) is 5.75 Å². The molecule has 106 valence electrons. The van der Waals surface area contributed by atoms with Gasteiger partial charge >= 0.3 is 5.97 Å². The minimum absolute atomic E-state index is 0.277. The van der Waals surface area contributed by atoms with E-state index in [1.807, 2.05) is 37.4 Å². The zero-order chi connectivity index (χ0) is 14.3. The van der Waals surface area contributed by atoms with Crippen molar-refractivity contribution >= 4 is 22.9 Å². The first kappa shape index (κ1) is 13.3. The summed E-state index contributed by atoms with van der Waals surface area (Å²) in [6.45, 7) is 1.86. The Labute approximate surface area is 121 Å². The summed E-state index contributed by atoms with van der Waals surface area (Å²) in [4.78, 5) is 16.8. The molecule has 2 aliphatic rings. The number of carbonyl (C=O) groups excluding carboxylic acids is 1. The summed E-state index contributed by atoms with van der Waals surface area (Å²) in [5.41, 5.74) is 0.0834. The van der Waals surface area contributed by atoms with Gasteiger partial charge in [-0.25, -0.2) is 0 Å². The fourth-order valence-corrected chi connectivity index (χ4v) is 3.32. The van der Waals surface area contributed by atoms with Gasteiger partial charge in [0.1, 0.15) is 17.7 Å². The van der Waals surface area contributed by atoms with Crippen molar-refractivity contribution in [2.75, 3.05) is 13.4 Å².